The first-order chi connectivity index (χ1) is 20.5. The Labute approximate surface area is 249 Å². The number of rotatable bonds is 6. The van der Waals surface area contributed by atoms with E-state index >= 15 is 0 Å². The smallest absolute Gasteiger partial charge is 0.345 e. The van der Waals surface area contributed by atoms with Crippen LogP contribution in [-0.2, 0) is 19.1 Å². The van der Waals surface area contributed by atoms with Crippen molar-refractivity contribution in [3.8, 4) is 17.1 Å². The Morgan fingerprint density at radius 3 is 2.47 bits per heavy atom. The van der Waals surface area contributed by atoms with Crippen LogP contribution in [0.4, 0.5) is 0 Å². The Hall–Kier alpha value is -3.24. The number of pyridine rings is 1. The van der Waals surface area contributed by atoms with Gasteiger partial charge in [-0.1, -0.05) is 13.8 Å². The number of ether oxygens (including phenoxy) is 3. The third kappa shape index (κ3) is 4.51. The molecule has 2 N–H and O–H groups in total. The SMILES string of the molecule is CC1(COC(=O)C2CC2)[C@@H](OC(=O)C2CC2)CC[C@]2(C)[C@H]3[C@@H](O)c4c(cc(-c5cccnc5)oc4=O)O[C@]3(C)[C@@H](O)C[C@@H]12. The molecule has 0 bridgehead atoms. The molecule has 2 aromatic heterocycles. The zero-order valence-electron chi connectivity index (χ0n) is 24.8. The molecule has 5 aliphatic rings. The van der Waals surface area contributed by atoms with E-state index in [1.807, 2.05) is 6.92 Å². The second-order valence-corrected chi connectivity index (χ2v) is 14.1. The molecule has 0 aromatic carbocycles. The van der Waals surface area contributed by atoms with Crippen LogP contribution in [0.15, 0.2) is 39.8 Å². The molecule has 0 spiro atoms. The number of aliphatic hydroxyl groups excluding tert-OH is 2. The highest BCUT2D eigenvalue weighted by atomic mass is 16.6. The van der Waals surface area contributed by atoms with Crippen molar-refractivity contribution in [2.75, 3.05) is 6.61 Å². The molecule has 0 radical (unpaired) electrons. The maximum Gasteiger partial charge on any atom is 0.345 e. The first kappa shape index (κ1) is 28.5. The monoisotopic (exact) mass is 593 g/mol. The lowest BCUT2D eigenvalue weighted by molar-refractivity contribution is -0.267. The summed E-state index contributed by atoms with van der Waals surface area (Å²) in [5.41, 5.74) is -2.85. The Morgan fingerprint density at radius 2 is 1.79 bits per heavy atom. The van der Waals surface area contributed by atoms with E-state index < -0.39 is 46.3 Å². The van der Waals surface area contributed by atoms with E-state index in [1.54, 1.807) is 37.5 Å². The van der Waals surface area contributed by atoms with E-state index in [-0.39, 0.29) is 59.8 Å². The van der Waals surface area contributed by atoms with E-state index in [2.05, 4.69) is 11.9 Å². The van der Waals surface area contributed by atoms with Gasteiger partial charge >= 0.3 is 17.6 Å². The number of carbonyl (C=O) groups is 2. The van der Waals surface area contributed by atoms with Crippen LogP contribution in [0.1, 0.15) is 77.4 Å². The first-order valence-corrected chi connectivity index (χ1v) is 15.5. The van der Waals surface area contributed by atoms with E-state index in [9.17, 15) is 24.6 Å². The number of hydrogen-bond acceptors (Lipinski definition) is 10. The number of carbonyl (C=O) groups excluding carboxylic acids is 2. The topological polar surface area (TPSA) is 145 Å². The molecule has 8 atom stereocenters. The molecule has 1 unspecified atom stereocenters. The number of aliphatic hydroxyl groups is 2. The van der Waals surface area contributed by atoms with Crippen molar-refractivity contribution in [1.82, 2.24) is 4.98 Å². The lowest BCUT2D eigenvalue weighted by Gasteiger charge is -2.66. The molecule has 0 saturated heterocycles. The van der Waals surface area contributed by atoms with Gasteiger partial charge in [0.15, 0.2) is 0 Å². The molecule has 10 heteroatoms. The number of hydrogen-bond donors (Lipinski definition) is 2. The zero-order chi connectivity index (χ0) is 30.3. The minimum Gasteiger partial charge on any atom is -0.484 e. The highest BCUT2D eigenvalue weighted by Crippen LogP contribution is 2.67. The molecule has 230 valence electrons. The fourth-order valence-corrected chi connectivity index (χ4v) is 8.45. The van der Waals surface area contributed by atoms with Gasteiger partial charge in [-0.15, -0.1) is 0 Å². The van der Waals surface area contributed by atoms with Crippen LogP contribution in [0.3, 0.4) is 0 Å². The van der Waals surface area contributed by atoms with Gasteiger partial charge in [0.1, 0.15) is 35.4 Å². The predicted octanol–water partition coefficient (Wildman–Crippen LogP) is 3.96. The van der Waals surface area contributed by atoms with E-state index in [4.69, 9.17) is 18.6 Å². The molecular formula is C33H39NO9. The third-order valence-electron chi connectivity index (χ3n) is 11.2. The molecule has 1 aliphatic heterocycles. The van der Waals surface area contributed by atoms with Gasteiger partial charge in [-0.2, -0.15) is 0 Å². The van der Waals surface area contributed by atoms with Crippen LogP contribution < -0.4 is 10.4 Å². The molecule has 3 heterocycles. The van der Waals surface area contributed by atoms with Crippen LogP contribution in [0.2, 0.25) is 0 Å². The molecule has 43 heavy (non-hydrogen) atoms. The van der Waals surface area contributed by atoms with Gasteiger partial charge in [0.2, 0.25) is 0 Å². The van der Waals surface area contributed by atoms with Crippen molar-refractivity contribution >= 4 is 11.9 Å². The van der Waals surface area contributed by atoms with Gasteiger partial charge in [-0.25, -0.2) is 4.79 Å². The number of esters is 2. The summed E-state index contributed by atoms with van der Waals surface area (Å²) >= 11 is 0. The highest BCUT2D eigenvalue weighted by molar-refractivity contribution is 5.75. The summed E-state index contributed by atoms with van der Waals surface area (Å²) in [5.74, 6) is -1.26. The minimum atomic E-state index is -1.29. The molecule has 7 rings (SSSR count). The predicted molar refractivity (Wildman–Crippen MR) is 152 cm³/mol. The average Bonchev–Trinajstić information content (AvgIpc) is 3.88. The van der Waals surface area contributed by atoms with Crippen molar-refractivity contribution in [2.24, 2.45) is 34.5 Å². The van der Waals surface area contributed by atoms with Crippen molar-refractivity contribution in [3.63, 3.8) is 0 Å². The summed E-state index contributed by atoms with van der Waals surface area (Å²) in [6.45, 7) is 5.84. The van der Waals surface area contributed by atoms with E-state index in [1.165, 1.54) is 0 Å². The third-order valence-corrected chi connectivity index (χ3v) is 11.2. The Balaban J connectivity index is 1.27. The maximum absolute atomic E-state index is 13.4. The molecule has 10 nitrogen and oxygen atoms in total. The van der Waals surface area contributed by atoms with Crippen LogP contribution in [0.25, 0.3) is 11.3 Å². The second kappa shape index (κ2) is 9.89. The standard InChI is InChI=1S/C33H39NO9/c1-31-11-10-24(42-29(38)18-8-9-18)32(2,16-40-28(37)17-6-7-17)22(31)14-23(35)33(3)27(31)26(36)25-21(43-33)13-20(41-30(25)39)19-5-4-12-34-15-19/h4-5,12-13,15,17-18,22-24,26-27,35-36H,6-11,14,16H2,1-3H3/t22-,23+,24+,26+,27-,31+,32?,33-/m1/s1. The van der Waals surface area contributed by atoms with Crippen LogP contribution in [-0.4, -0.2) is 51.6 Å². The van der Waals surface area contributed by atoms with Gasteiger partial charge < -0.3 is 28.8 Å². The lowest BCUT2D eigenvalue weighted by Crippen LogP contribution is -2.71. The second-order valence-electron chi connectivity index (χ2n) is 14.1. The van der Waals surface area contributed by atoms with E-state index in [0.29, 0.717) is 18.4 Å². The van der Waals surface area contributed by atoms with Gasteiger partial charge in [-0.05, 0) is 75.3 Å². The molecule has 4 fully saturated rings. The summed E-state index contributed by atoms with van der Waals surface area (Å²) < 4.78 is 24.2. The number of nitrogens with zero attached hydrogens (tertiary/aromatic N) is 1. The molecule has 4 aliphatic carbocycles. The summed E-state index contributed by atoms with van der Waals surface area (Å²) in [7, 11) is 0. The number of aromatic nitrogens is 1. The van der Waals surface area contributed by atoms with Crippen molar-refractivity contribution in [1.29, 1.82) is 0 Å². The lowest BCUT2D eigenvalue weighted by atomic mass is 9.42. The largest absolute Gasteiger partial charge is 0.484 e. The Morgan fingerprint density at radius 1 is 1.07 bits per heavy atom. The summed E-state index contributed by atoms with van der Waals surface area (Å²) in [5, 5.41) is 23.8. The maximum atomic E-state index is 13.4. The average molecular weight is 594 g/mol. The Bertz CT molecular complexity index is 1500. The molecule has 4 saturated carbocycles. The molecular weight excluding hydrogens is 554 g/mol. The van der Waals surface area contributed by atoms with Crippen molar-refractivity contribution in [3.05, 3.63) is 46.6 Å². The first-order valence-electron chi connectivity index (χ1n) is 15.5. The summed E-state index contributed by atoms with van der Waals surface area (Å²) in [6.07, 6.45) is 4.89. The normalized spacial score (nSPS) is 38.1. The zero-order valence-corrected chi connectivity index (χ0v) is 24.8. The van der Waals surface area contributed by atoms with Crippen LogP contribution in [0, 0.1) is 34.5 Å². The van der Waals surface area contributed by atoms with Gasteiger partial charge in [-0.3, -0.25) is 14.6 Å². The van der Waals surface area contributed by atoms with Crippen molar-refractivity contribution in [2.45, 2.75) is 89.6 Å². The molecule has 2 aromatic rings. The quantitative estimate of drug-likeness (QED) is 0.472. The fraction of sp³-hybridized carbons (Fsp3) is 0.636. The van der Waals surface area contributed by atoms with Gasteiger partial charge in [0, 0.05) is 35.4 Å². The van der Waals surface area contributed by atoms with Crippen LogP contribution in [0.5, 0.6) is 5.75 Å². The highest BCUT2D eigenvalue weighted by Gasteiger charge is 2.70. The fourth-order valence-electron chi connectivity index (χ4n) is 8.45. The summed E-state index contributed by atoms with van der Waals surface area (Å²) in [6, 6.07) is 5.06. The van der Waals surface area contributed by atoms with Gasteiger partial charge in [0.25, 0.3) is 0 Å². The Kier molecular flexibility index (Phi) is 6.56. The summed E-state index contributed by atoms with van der Waals surface area (Å²) in [4.78, 5) is 43.1. The molecule has 0 amide bonds. The minimum absolute atomic E-state index is 0.0216. The van der Waals surface area contributed by atoms with Gasteiger partial charge in [0.05, 0.1) is 24.0 Å². The van der Waals surface area contributed by atoms with Crippen LogP contribution >= 0.6 is 0 Å². The van der Waals surface area contributed by atoms with Crippen molar-refractivity contribution < 1.29 is 38.4 Å². The number of fused-ring (bicyclic) bond motifs is 4. The van der Waals surface area contributed by atoms with E-state index in [0.717, 1.165) is 25.7 Å².